The van der Waals surface area contributed by atoms with Crippen LogP contribution in [-0.4, -0.2) is 29.4 Å². The molecule has 0 saturated carbocycles. The summed E-state index contributed by atoms with van der Waals surface area (Å²) >= 11 is 0. The van der Waals surface area contributed by atoms with Crippen LogP contribution in [0.3, 0.4) is 0 Å². The maximum atomic E-state index is 12.5. The molecule has 1 aromatic carbocycles. The van der Waals surface area contributed by atoms with Crippen molar-refractivity contribution in [1.29, 1.82) is 0 Å². The maximum Gasteiger partial charge on any atom is 0.255 e. The lowest BCUT2D eigenvalue weighted by Crippen LogP contribution is -2.26. The van der Waals surface area contributed by atoms with Crippen molar-refractivity contribution in [3.05, 3.63) is 65.5 Å². The Morgan fingerprint density at radius 3 is 2.67 bits per heavy atom. The number of carbonyl (C=O) groups excluding carboxylic acids is 1. The first-order valence-electron chi connectivity index (χ1n) is 6.64. The average Bonchev–Trinajstić information content (AvgIpc) is 2.53. The Morgan fingerprint density at radius 1 is 1.24 bits per heavy atom. The second kappa shape index (κ2) is 7.22. The van der Waals surface area contributed by atoms with Crippen LogP contribution in [0, 0.1) is 11.8 Å². The van der Waals surface area contributed by atoms with E-state index in [2.05, 4.69) is 16.8 Å². The number of amides is 1. The van der Waals surface area contributed by atoms with Gasteiger partial charge in [0.25, 0.3) is 5.91 Å². The SMILES string of the molecule is CN(Cc1ccncc1)C(=O)c1ccccc1C#CCN. The zero-order valence-corrected chi connectivity index (χ0v) is 11.9. The van der Waals surface area contributed by atoms with Gasteiger partial charge >= 0.3 is 0 Å². The summed E-state index contributed by atoms with van der Waals surface area (Å²) in [5, 5.41) is 0. The van der Waals surface area contributed by atoms with Gasteiger partial charge in [0, 0.05) is 31.5 Å². The van der Waals surface area contributed by atoms with E-state index in [1.54, 1.807) is 30.4 Å². The Morgan fingerprint density at radius 2 is 1.95 bits per heavy atom. The Labute approximate surface area is 124 Å². The highest BCUT2D eigenvalue weighted by Gasteiger charge is 2.14. The number of benzene rings is 1. The quantitative estimate of drug-likeness (QED) is 0.869. The number of hydrogen-bond acceptors (Lipinski definition) is 3. The van der Waals surface area contributed by atoms with Crippen LogP contribution in [0.15, 0.2) is 48.8 Å². The van der Waals surface area contributed by atoms with Crippen molar-refractivity contribution in [2.45, 2.75) is 6.54 Å². The Hall–Kier alpha value is -2.64. The molecule has 0 saturated heterocycles. The molecule has 21 heavy (non-hydrogen) atoms. The molecule has 0 radical (unpaired) electrons. The molecule has 0 bridgehead atoms. The molecule has 0 fully saturated rings. The molecular formula is C17H17N3O. The van der Waals surface area contributed by atoms with E-state index in [1.807, 2.05) is 30.3 Å². The Bertz CT molecular complexity index is 671. The summed E-state index contributed by atoms with van der Waals surface area (Å²) in [4.78, 5) is 18.2. The first-order valence-corrected chi connectivity index (χ1v) is 6.64. The lowest BCUT2D eigenvalue weighted by atomic mass is 10.1. The molecule has 2 rings (SSSR count). The zero-order valence-electron chi connectivity index (χ0n) is 11.9. The molecule has 1 heterocycles. The van der Waals surface area contributed by atoms with Gasteiger partial charge in [-0.1, -0.05) is 24.0 Å². The first kappa shape index (κ1) is 14.8. The fourth-order valence-electron chi connectivity index (χ4n) is 1.96. The molecule has 0 aliphatic carbocycles. The van der Waals surface area contributed by atoms with E-state index >= 15 is 0 Å². The molecular weight excluding hydrogens is 262 g/mol. The minimum absolute atomic E-state index is 0.0614. The number of carbonyl (C=O) groups is 1. The van der Waals surface area contributed by atoms with Crippen molar-refractivity contribution in [1.82, 2.24) is 9.88 Å². The fraction of sp³-hybridized carbons (Fsp3) is 0.176. The second-order valence-corrected chi connectivity index (χ2v) is 4.57. The highest BCUT2D eigenvalue weighted by molar-refractivity contribution is 5.96. The summed E-state index contributed by atoms with van der Waals surface area (Å²) < 4.78 is 0. The maximum absolute atomic E-state index is 12.5. The summed E-state index contributed by atoms with van der Waals surface area (Å²) in [5.41, 5.74) is 7.72. The van der Waals surface area contributed by atoms with Crippen molar-refractivity contribution < 1.29 is 4.79 Å². The Balaban J connectivity index is 2.20. The van der Waals surface area contributed by atoms with Gasteiger partial charge in [0.15, 0.2) is 0 Å². The zero-order chi connectivity index (χ0) is 15.1. The predicted octanol–water partition coefficient (Wildman–Crippen LogP) is 1.66. The number of pyridine rings is 1. The van der Waals surface area contributed by atoms with Gasteiger partial charge in [0.2, 0.25) is 0 Å². The molecule has 4 nitrogen and oxygen atoms in total. The van der Waals surface area contributed by atoms with Crippen LogP contribution >= 0.6 is 0 Å². The smallest absolute Gasteiger partial charge is 0.255 e. The third-order valence-electron chi connectivity index (χ3n) is 3.00. The normalized spacial score (nSPS) is 9.62. The first-order chi connectivity index (χ1) is 10.2. The third kappa shape index (κ3) is 3.91. The van der Waals surface area contributed by atoms with Crippen LogP contribution in [0.1, 0.15) is 21.5 Å². The topological polar surface area (TPSA) is 59.2 Å². The van der Waals surface area contributed by atoms with Crippen LogP contribution < -0.4 is 5.73 Å². The summed E-state index contributed by atoms with van der Waals surface area (Å²) in [6.07, 6.45) is 3.43. The number of nitrogens with two attached hydrogens (primary N) is 1. The van der Waals surface area contributed by atoms with Crippen molar-refractivity contribution in [2.24, 2.45) is 5.73 Å². The van der Waals surface area contributed by atoms with Gasteiger partial charge in [-0.2, -0.15) is 0 Å². The van der Waals surface area contributed by atoms with Crippen molar-refractivity contribution in [2.75, 3.05) is 13.6 Å². The van der Waals surface area contributed by atoms with Gasteiger partial charge in [0.05, 0.1) is 12.1 Å². The molecule has 2 aromatic rings. The van der Waals surface area contributed by atoms with E-state index in [4.69, 9.17) is 5.73 Å². The van der Waals surface area contributed by atoms with E-state index in [1.165, 1.54) is 0 Å². The molecule has 2 N–H and O–H groups in total. The highest BCUT2D eigenvalue weighted by Crippen LogP contribution is 2.12. The molecule has 4 heteroatoms. The summed E-state index contributed by atoms with van der Waals surface area (Å²) in [6, 6.07) is 11.1. The summed E-state index contributed by atoms with van der Waals surface area (Å²) in [5.74, 6) is 5.67. The summed E-state index contributed by atoms with van der Waals surface area (Å²) in [7, 11) is 1.77. The fourth-order valence-corrected chi connectivity index (χ4v) is 1.96. The number of hydrogen-bond donors (Lipinski definition) is 1. The van der Waals surface area contributed by atoms with E-state index in [0.29, 0.717) is 17.7 Å². The number of nitrogens with zero attached hydrogens (tertiary/aromatic N) is 2. The number of rotatable bonds is 3. The average molecular weight is 279 g/mol. The highest BCUT2D eigenvalue weighted by atomic mass is 16.2. The van der Waals surface area contributed by atoms with E-state index < -0.39 is 0 Å². The van der Waals surface area contributed by atoms with Gasteiger partial charge in [-0.05, 0) is 29.8 Å². The molecule has 1 aromatic heterocycles. The molecule has 0 spiro atoms. The molecule has 0 unspecified atom stereocenters. The van der Waals surface area contributed by atoms with Crippen LogP contribution in [0.4, 0.5) is 0 Å². The second-order valence-electron chi connectivity index (χ2n) is 4.57. The van der Waals surface area contributed by atoms with Gasteiger partial charge in [-0.25, -0.2) is 0 Å². The molecule has 1 amide bonds. The van der Waals surface area contributed by atoms with Gasteiger partial charge in [0.1, 0.15) is 0 Å². The van der Waals surface area contributed by atoms with E-state index in [9.17, 15) is 4.79 Å². The van der Waals surface area contributed by atoms with Crippen LogP contribution in [0.5, 0.6) is 0 Å². The molecule has 106 valence electrons. The summed E-state index contributed by atoms with van der Waals surface area (Å²) in [6.45, 7) is 0.801. The van der Waals surface area contributed by atoms with Gasteiger partial charge in [-0.15, -0.1) is 0 Å². The van der Waals surface area contributed by atoms with Crippen molar-refractivity contribution in [3.63, 3.8) is 0 Å². The number of aromatic nitrogens is 1. The minimum Gasteiger partial charge on any atom is -0.337 e. The van der Waals surface area contributed by atoms with Gasteiger partial charge < -0.3 is 10.6 Å². The lowest BCUT2D eigenvalue weighted by Gasteiger charge is -2.18. The van der Waals surface area contributed by atoms with E-state index in [0.717, 1.165) is 5.56 Å². The standard InChI is InChI=1S/C17H17N3O/c1-20(13-14-8-11-19-12-9-14)17(21)16-7-3-2-5-15(16)6-4-10-18/h2-3,5,7-9,11-12H,10,13,18H2,1H3. The monoisotopic (exact) mass is 279 g/mol. The third-order valence-corrected chi connectivity index (χ3v) is 3.00. The minimum atomic E-state index is -0.0614. The van der Waals surface area contributed by atoms with Crippen LogP contribution in [0.25, 0.3) is 0 Å². The largest absolute Gasteiger partial charge is 0.337 e. The predicted molar refractivity (Wildman–Crippen MR) is 82.4 cm³/mol. The molecule has 0 atom stereocenters. The van der Waals surface area contributed by atoms with Crippen molar-refractivity contribution >= 4 is 5.91 Å². The Kier molecular flexibility index (Phi) is 5.08. The van der Waals surface area contributed by atoms with Crippen LogP contribution in [0.2, 0.25) is 0 Å². The van der Waals surface area contributed by atoms with Gasteiger partial charge in [-0.3, -0.25) is 9.78 Å². The van der Waals surface area contributed by atoms with E-state index in [-0.39, 0.29) is 12.5 Å². The lowest BCUT2D eigenvalue weighted by molar-refractivity contribution is 0.0785. The molecule has 0 aliphatic heterocycles. The van der Waals surface area contributed by atoms with Crippen molar-refractivity contribution in [3.8, 4) is 11.8 Å². The van der Waals surface area contributed by atoms with Crippen LogP contribution in [-0.2, 0) is 6.54 Å². The molecule has 0 aliphatic rings.